The van der Waals surface area contributed by atoms with Gasteiger partial charge in [0.2, 0.25) is 11.8 Å². The molecular formula is C24H33F2N3O9. The zero-order valence-corrected chi connectivity index (χ0v) is 21.5. The lowest BCUT2D eigenvalue weighted by Gasteiger charge is -2.24. The van der Waals surface area contributed by atoms with Crippen LogP contribution in [0.25, 0.3) is 0 Å². The van der Waals surface area contributed by atoms with E-state index in [0.29, 0.717) is 0 Å². The fourth-order valence-corrected chi connectivity index (χ4v) is 2.64. The number of alkyl halides is 2. The molecule has 0 saturated carbocycles. The molecule has 0 aromatic heterocycles. The van der Waals surface area contributed by atoms with Gasteiger partial charge in [0.05, 0.1) is 13.5 Å². The van der Waals surface area contributed by atoms with E-state index in [4.69, 9.17) is 9.84 Å². The van der Waals surface area contributed by atoms with Crippen molar-refractivity contribution >= 4 is 35.6 Å². The molecule has 0 aliphatic heterocycles. The van der Waals surface area contributed by atoms with Crippen LogP contribution in [0.3, 0.4) is 0 Å². The number of carbonyl (C=O) groups excluding carboxylic acids is 5. The third kappa shape index (κ3) is 13.8. The lowest BCUT2D eigenvalue weighted by atomic mass is 10.0. The van der Waals surface area contributed by atoms with Crippen LogP contribution in [0.15, 0.2) is 30.3 Å². The summed E-state index contributed by atoms with van der Waals surface area (Å²) in [6.07, 6.45) is -1.48. The summed E-state index contributed by atoms with van der Waals surface area (Å²) in [6, 6.07) is 5.48. The number of carboxylic acid groups (broad SMARTS) is 1. The first-order valence-corrected chi connectivity index (χ1v) is 11.4. The third-order valence-electron chi connectivity index (χ3n) is 4.67. The molecule has 4 N–H and O–H groups in total. The van der Waals surface area contributed by atoms with Gasteiger partial charge in [-0.3, -0.25) is 19.2 Å². The van der Waals surface area contributed by atoms with Crippen LogP contribution in [0, 0.1) is 5.92 Å². The molecule has 3 atom stereocenters. The second-order valence-corrected chi connectivity index (χ2v) is 8.15. The van der Waals surface area contributed by atoms with Gasteiger partial charge in [0.15, 0.2) is 19.1 Å². The molecule has 12 nitrogen and oxygen atoms in total. The van der Waals surface area contributed by atoms with Gasteiger partial charge in [0.1, 0.15) is 24.7 Å². The number of hydrogen-bond acceptors (Lipinski definition) is 8. The number of carbonyl (C=O) groups is 6. The summed E-state index contributed by atoms with van der Waals surface area (Å²) in [5.41, 5.74) is 0.778. The second-order valence-electron chi connectivity index (χ2n) is 8.15. The van der Waals surface area contributed by atoms with Crippen molar-refractivity contribution < 1.29 is 52.1 Å². The van der Waals surface area contributed by atoms with Crippen LogP contribution in [0.4, 0.5) is 13.6 Å². The fraction of sp³-hybridized carbons (Fsp3) is 0.500. The number of amides is 3. The highest BCUT2D eigenvalue weighted by atomic mass is 19.1. The number of alkyl carbamates (subject to hydrolysis) is 1. The van der Waals surface area contributed by atoms with Crippen molar-refractivity contribution in [3.05, 3.63) is 35.9 Å². The largest absolute Gasteiger partial charge is 0.481 e. The van der Waals surface area contributed by atoms with Crippen LogP contribution in [0.2, 0.25) is 0 Å². The molecule has 0 fully saturated rings. The number of aliphatic carboxylic acids is 1. The highest BCUT2D eigenvalue weighted by molar-refractivity contribution is 5.93. The van der Waals surface area contributed by atoms with Gasteiger partial charge < -0.3 is 30.5 Å². The SMILES string of the molecule is COC(=O)[C@H](CC(=O)O)NC(=O)[C@H](C)NC(=O)[C@@H](NC(=O)OCc1ccccc1)C(C)C.O=C(CF)CF. The maximum atomic E-state index is 12.6. The van der Waals surface area contributed by atoms with Gasteiger partial charge in [-0.05, 0) is 18.4 Å². The molecule has 1 aromatic rings. The molecule has 0 unspecified atom stereocenters. The van der Waals surface area contributed by atoms with E-state index in [1.807, 2.05) is 6.07 Å². The number of benzene rings is 1. The highest BCUT2D eigenvalue weighted by Crippen LogP contribution is 2.06. The Balaban J connectivity index is 0.00000203. The summed E-state index contributed by atoms with van der Waals surface area (Å²) in [7, 11) is 1.06. The second kappa shape index (κ2) is 18.2. The van der Waals surface area contributed by atoms with Gasteiger partial charge in [-0.1, -0.05) is 44.2 Å². The molecule has 38 heavy (non-hydrogen) atoms. The molecular weight excluding hydrogens is 512 g/mol. The topological polar surface area (TPSA) is 177 Å². The third-order valence-corrected chi connectivity index (χ3v) is 4.67. The minimum Gasteiger partial charge on any atom is -0.481 e. The molecule has 0 spiro atoms. The molecule has 212 valence electrons. The van der Waals surface area contributed by atoms with Gasteiger partial charge in [-0.25, -0.2) is 18.4 Å². The number of Topliss-reactive ketones (excluding diaryl/α,β-unsaturated/α-hetero) is 1. The number of ether oxygens (including phenoxy) is 2. The van der Waals surface area contributed by atoms with Crippen molar-refractivity contribution in [2.24, 2.45) is 5.92 Å². The molecule has 0 saturated heterocycles. The molecule has 0 bridgehead atoms. The average molecular weight is 546 g/mol. The van der Waals surface area contributed by atoms with E-state index >= 15 is 0 Å². The van der Waals surface area contributed by atoms with E-state index in [9.17, 15) is 37.5 Å². The van der Waals surface area contributed by atoms with Crippen LogP contribution in [-0.4, -0.2) is 79.3 Å². The van der Waals surface area contributed by atoms with Gasteiger partial charge in [-0.2, -0.15) is 0 Å². The molecule has 3 amide bonds. The van der Waals surface area contributed by atoms with Crippen LogP contribution in [0.1, 0.15) is 32.8 Å². The Kier molecular flexibility index (Phi) is 16.2. The first kappa shape index (κ1) is 33.9. The lowest BCUT2D eigenvalue weighted by Crippen LogP contribution is -2.56. The Morgan fingerprint density at radius 1 is 0.895 bits per heavy atom. The minimum atomic E-state index is -1.41. The van der Waals surface area contributed by atoms with E-state index in [2.05, 4.69) is 20.7 Å². The summed E-state index contributed by atoms with van der Waals surface area (Å²) in [6.45, 7) is 2.41. The van der Waals surface area contributed by atoms with E-state index in [1.54, 1.807) is 38.1 Å². The Morgan fingerprint density at radius 3 is 1.92 bits per heavy atom. The van der Waals surface area contributed by atoms with Gasteiger partial charge in [-0.15, -0.1) is 0 Å². The standard InChI is InChI=1S/C21H29N3O8.C3H4F2O/c1-12(2)17(24-21(30)32-11-14-8-6-5-7-9-14)19(28)22-13(3)18(27)23-15(10-16(25)26)20(29)31-4;4-1-3(6)2-5/h5-9,12-13,15,17H,10-11H2,1-4H3,(H,22,28)(H,23,27)(H,24,30)(H,25,26);1-2H2/t13-,15-,17-;/m0./s1. The van der Waals surface area contributed by atoms with Gasteiger partial charge in [0.25, 0.3) is 0 Å². The monoisotopic (exact) mass is 545 g/mol. The molecule has 0 radical (unpaired) electrons. The van der Waals surface area contributed by atoms with Crippen molar-refractivity contribution in [2.45, 2.75) is 51.9 Å². The average Bonchev–Trinajstić information content (AvgIpc) is 2.89. The van der Waals surface area contributed by atoms with Gasteiger partial charge >= 0.3 is 18.0 Å². The predicted octanol–water partition coefficient (Wildman–Crippen LogP) is 1.07. The van der Waals surface area contributed by atoms with E-state index in [0.717, 1.165) is 12.7 Å². The molecule has 1 aromatic carbocycles. The number of methoxy groups -OCH3 is 1. The molecule has 1 rings (SSSR count). The summed E-state index contributed by atoms with van der Waals surface area (Å²) in [4.78, 5) is 69.0. The number of esters is 1. The summed E-state index contributed by atoms with van der Waals surface area (Å²) < 4.78 is 31.2. The van der Waals surface area contributed by atoms with Crippen LogP contribution in [0.5, 0.6) is 0 Å². The molecule has 0 heterocycles. The summed E-state index contributed by atoms with van der Waals surface area (Å²) in [5, 5.41) is 16.0. The normalized spacial score (nSPS) is 12.5. The smallest absolute Gasteiger partial charge is 0.408 e. The van der Waals surface area contributed by atoms with E-state index < -0.39 is 73.5 Å². The number of hydrogen-bond donors (Lipinski definition) is 4. The lowest BCUT2D eigenvalue weighted by molar-refractivity contribution is -0.149. The zero-order valence-electron chi connectivity index (χ0n) is 21.5. The van der Waals surface area contributed by atoms with Crippen molar-refractivity contribution in [3.8, 4) is 0 Å². The number of rotatable bonds is 13. The Bertz CT molecular complexity index is 939. The van der Waals surface area contributed by atoms with Crippen LogP contribution in [-0.2, 0) is 40.1 Å². The van der Waals surface area contributed by atoms with Gasteiger partial charge in [0, 0.05) is 0 Å². The number of carboxylic acids is 1. The maximum Gasteiger partial charge on any atom is 0.408 e. The van der Waals surface area contributed by atoms with Crippen molar-refractivity contribution in [3.63, 3.8) is 0 Å². The summed E-state index contributed by atoms with van der Waals surface area (Å²) in [5.74, 6) is -4.99. The van der Waals surface area contributed by atoms with E-state index in [-0.39, 0.29) is 12.5 Å². The first-order valence-electron chi connectivity index (χ1n) is 11.4. The molecule has 0 aliphatic carbocycles. The first-order chi connectivity index (χ1) is 17.9. The maximum absolute atomic E-state index is 12.6. The van der Waals surface area contributed by atoms with Crippen LogP contribution < -0.4 is 16.0 Å². The van der Waals surface area contributed by atoms with Crippen LogP contribution >= 0.6 is 0 Å². The van der Waals surface area contributed by atoms with E-state index in [1.165, 1.54) is 6.92 Å². The Labute approximate surface area is 218 Å². The van der Waals surface area contributed by atoms with Crippen molar-refractivity contribution in [2.75, 3.05) is 20.5 Å². The zero-order chi connectivity index (χ0) is 29.3. The highest BCUT2D eigenvalue weighted by Gasteiger charge is 2.30. The number of ketones is 1. The summed E-state index contributed by atoms with van der Waals surface area (Å²) >= 11 is 0. The fourth-order valence-electron chi connectivity index (χ4n) is 2.64. The number of halogens is 2. The van der Waals surface area contributed by atoms with Crippen molar-refractivity contribution in [1.82, 2.24) is 16.0 Å². The van der Waals surface area contributed by atoms with Crippen molar-refractivity contribution in [1.29, 1.82) is 0 Å². The minimum absolute atomic E-state index is 0.0242. The predicted molar refractivity (Wildman–Crippen MR) is 129 cm³/mol. The molecule has 0 aliphatic rings. The quantitative estimate of drug-likeness (QED) is 0.264. The number of nitrogens with one attached hydrogen (secondary N) is 3. The Morgan fingerprint density at radius 2 is 1.47 bits per heavy atom. The molecule has 14 heteroatoms. The Hall–Kier alpha value is -4.10.